The average molecular weight is 1090 g/mol. The Balaban J connectivity index is 1.15. The van der Waals surface area contributed by atoms with Crippen LogP contribution < -0.4 is 15.4 Å². The molecule has 2 aliphatic heterocycles. The normalized spacial score (nSPS) is 16.2. The molecule has 3 amide bonds. The molecule has 0 aliphatic carbocycles. The third-order valence-corrected chi connectivity index (χ3v) is 17.4. The van der Waals surface area contributed by atoms with Gasteiger partial charge >= 0.3 is 6.09 Å². The van der Waals surface area contributed by atoms with Gasteiger partial charge in [0.15, 0.2) is 25.8 Å². The minimum absolute atomic E-state index is 0.0187. The maximum Gasteiger partial charge on any atom is 0.413 e. The van der Waals surface area contributed by atoms with E-state index in [2.05, 4.69) is 25.5 Å². The fraction of sp³-hybridized carbons (Fsp3) is 0.245. The van der Waals surface area contributed by atoms with Gasteiger partial charge in [-0.3, -0.25) is 19.8 Å². The maximum atomic E-state index is 15.0. The molecule has 5 aromatic carbocycles. The number of thiocarbonyl (C=S) groups is 1. The van der Waals surface area contributed by atoms with E-state index in [-0.39, 0.29) is 46.0 Å². The number of thiazole rings is 1. The second-order valence-electron chi connectivity index (χ2n) is 18.2. The van der Waals surface area contributed by atoms with E-state index < -0.39 is 71.6 Å². The van der Waals surface area contributed by atoms with Crippen LogP contribution in [0.1, 0.15) is 66.8 Å². The highest BCUT2D eigenvalue weighted by atomic mass is 32.3. The van der Waals surface area contributed by atoms with Gasteiger partial charge in [0.2, 0.25) is 20.7 Å². The summed E-state index contributed by atoms with van der Waals surface area (Å²) in [5, 5.41) is 9.88. The quantitative estimate of drug-likeness (QED) is 0.0229. The first-order valence-corrected chi connectivity index (χ1v) is 29.2. The molecule has 384 valence electrons. The average Bonchev–Trinajstić information content (AvgIpc) is 3.83. The fourth-order valence-electron chi connectivity index (χ4n) is 8.33. The van der Waals surface area contributed by atoms with Crippen molar-refractivity contribution in [1.82, 2.24) is 19.9 Å². The third-order valence-electron chi connectivity index (χ3n) is 11.5. The Bertz CT molecular complexity index is 3150. The molecular weight excluding hydrogens is 1040 g/mol. The van der Waals surface area contributed by atoms with Crippen LogP contribution in [0.25, 0.3) is 0 Å². The number of nitrogens with one attached hydrogen (secondary N) is 3. The molecule has 0 saturated carbocycles. The van der Waals surface area contributed by atoms with Crippen molar-refractivity contribution in [1.29, 1.82) is 0 Å². The minimum Gasteiger partial charge on any atom is -0.469 e. The first-order chi connectivity index (χ1) is 35.3. The summed E-state index contributed by atoms with van der Waals surface area (Å²) >= 11 is 8.38. The molecule has 16 nitrogen and oxygen atoms in total. The second-order valence-corrected chi connectivity index (χ2v) is 24.8. The lowest BCUT2D eigenvalue weighted by molar-refractivity contribution is -0.144. The van der Waals surface area contributed by atoms with Gasteiger partial charge in [-0.15, -0.1) is 23.1 Å². The van der Waals surface area contributed by atoms with Crippen molar-refractivity contribution in [2.24, 2.45) is 5.16 Å². The van der Waals surface area contributed by atoms with E-state index in [1.807, 2.05) is 152 Å². The predicted molar refractivity (Wildman–Crippen MR) is 291 cm³/mol. The van der Waals surface area contributed by atoms with Gasteiger partial charge in [0.25, 0.3) is 11.8 Å². The van der Waals surface area contributed by atoms with E-state index in [0.29, 0.717) is 22.3 Å². The van der Waals surface area contributed by atoms with Crippen molar-refractivity contribution in [2.45, 2.75) is 55.9 Å². The molecule has 1 unspecified atom stereocenters. The van der Waals surface area contributed by atoms with Crippen LogP contribution in [0, 0.1) is 0 Å². The smallest absolute Gasteiger partial charge is 0.413 e. The van der Waals surface area contributed by atoms with Crippen molar-refractivity contribution in [2.75, 3.05) is 29.0 Å². The van der Waals surface area contributed by atoms with Crippen LogP contribution in [0.5, 0.6) is 0 Å². The molecule has 2 aliphatic rings. The Labute approximate surface area is 443 Å². The number of benzene rings is 5. The molecule has 3 heterocycles. The van der Waals surface area contributed by atoms with Crippen LogP contribution >= 0.6 is 35.3 Å². The first kappa shape index (κ1) is 53.5. The summed E-state index contributed by atoms with van der Waals surface area (Å²) in [5.74, 6) is -1.16. The van der Waals surface area contributed by atoms with E-state index in [4.69, 9.17) is 26.5 Å². The molecule has 21 heteroatoms. The first-order valence-electron chi connectivity index (χ1n) is 23.1. The lowest BCUT2D eigenvalue weighted by Crippen LogP contribution is -2.71. The van der Waals surface area contributed by atoms with Crippen LogP contribution in [0.4, 0.5) is 9.93 Å². The Hall–Kier alpha value is -6.75. The van der Waals surface area contributed by atoms with Crippen molar-refractivity contribution in [3.05, 3.63) is 202 Å². The third kappa shape index (κ3) is 12.8. The molecule has 74 heavy (non-hydrogen) atoms. The Morgan fingerprint density at radius 2 is 1.32 bits per heavy atom. The highest BCUT2D eigenvalue weighted by Crippen LogP contribution is 2.44. The number of β-lactam (4-membered cyclic amide) rings is 1. The summed E-state index contributed by atoms with van der Waals surface area (Å²) < 4.78 is 63.7. The van der Waals surface area contributed by atoms with Crippen LogP contribution in [-0.4, -0.2) is 96.0 Å². The lowest BCUT2D eigenvalue weighted by atomic mass is 9.80. The molecule has 2 atom stereocenters. The second kappa shape index (κ2) is 22.8. The number of ether oxygens (including phenoxy) is 2. The lowest BCUT2D eigenvalue weighted by Gasteiger charge is -2.50. The molecule has 0 spiro atoms. The minimum atomic E-state index is -4.23. The number of rotatable bonds is 19. The summed E-state index contributed by atoms with van der Waals surface area (Å²) in [6, 6.07) is 45.8. The largest absolute Gasteiger partial charge is 0.469 e. The number of fused-ring (bicyclic) bond motifs is 1. The maximum absolute atomic E-state index is 15.0. The van der Waals surface area contributed by atoms with Crippen LogP contribution in [0.15, 0.2) is 173 Å². The van der Waals surface area contributed by atoms with Crippen molar-refractivity contribution in [3.63, 3.8) is 0 Å². The van der Waals surface area contributed by atoms with Gasteiger partial charge in [-0.2, -0.15) is 0 Å². The zero-order valence-electron chi connectivity index (χ0n) is 40.5. The van der Waals surface area contributed by atoms with Crippen molar-refractivity contribution >= 4 is 89.0 Å². The number of hydrogen-bond acceptors (Lipinski definition) is 15. The molecule has 1 saturated heterocycles. The van der Waals surface area contributed by atoms with Gasteiger partial charge in [0.05, 0.1) is 5.70 Å². The number of aromatic nitrogens is 1. The van der Waals surface area contributed by atoms with Gasteiger partial charge in [0, 0.05) is 40.6 Å². The van der Waals surface area contributed by atoms with E-state index in [1.165, 1.54) is 22.0 Å². The number of carbonyl (C=O) groups excluding carboxylic acids is 3. The van der Waals surface area contributed by atoms with Crippen LogP contribution in [0.2, 0.25) is 0 Å². The van der Waals surface area contributed by atoms with Crippen molar-refractivity contribution < 1.29 is 45.5 Å². The topological polar surface area (TPSA) is 212 Å². The molecule has 1 aromatic heterocycles. The Morgan fingerprint density at radius 1 is 0.811 bits per heavy atom. The van der Waals surface area contributed by atoms with Gasteiger partial charge < -0.3 is 19.6 Å². The Morgan fingerprint density at radius 3 is 1.82 bits per heavy atom. The van der Waals surface area contributed by atoms with E-state index in [9.17, 15) is 31.2 Å². The zero-order valence-corrected chi connectivity index (χ0v) is 44.6. The molecule has 1 fully saturated rings. The summed E-state index contributed by atoms with van der Waals surface area (Å²) in [7, 11) is -8.11. The van der Waals surface area contributed by atoms with Gasteiger partial charge in [0.1, 0.15) is 28.8 Å². The van der Waals surface area contributed by atoms with E-state index in [0.717, 1.165) is 28.7 Å². The number of anilines is 1. The number of thioether (sulfide) groups is 1. The standard InChI is InChI=1S/C53H52N6O10S5/c1-52(2,3)68-51(62)57-50-55-41(33-72-50)42(58-69-53(38-24-14-7-15-25-38,39-26-16-8-17-27-39)40-28-18-9-19-29-40)46(60)56-43-47(61)59-44(37(32-71-48(43)59)30-31-54-74(65,66)34-73(4,63)64)49(70)67-45(35-20-10-5-11-21-35)36-22-12-6-13-23-36/h5-29,33,43,45,48,54H,30-32,34H2,1-4H3,(H,56,60)(H,55,57,62)/b58-42-/t43?,48-/m1/s1. The summed E-state index contributed by atoms with van der Waals surface area (Å²) in [4.78, 5) is 55.3. The molecule has 6 aromatic rings. The van der Waals surface area contributed by atoms with Crippen LogP contribution in [-0.2, 0) is 49.4 Å². The molecular formula is C53H52N6O10S5. The number of sulfone groups is 1. The summed E-state index contributed by atoms with van der Waals surface area (Å²) in [6.07, 6.45) is -0.617. The van der Waals surface area contributed by atoms with E-state index in [1.54, 1.807) is 20.8 Å². The number of carbonyl (C=O) groups is 3. The van der Waals surface area contributed by atoms with Gasteiger partial charge in [-0.25, -0.2) is 31.3 Å². The predicted octanol–water partition coefficient (Wildman–Crippen LogP) is 8.30. The van der Waals surface area contributed by atoms with E-state index >= 15 is 0 Å². The van der Waals surface area contributed by atoms with Gasteiger partial charge in [-0.05, 0) is 56.1 Å². The number of nitrogens with zero attached hydrogens (tertiary/aromatic N) is 3. The number of hydrogen-bond donors (Lipinski definition) is 3. The summed E-state index contributed by atoms with van der Waals surface area (Å²) in [6.45, 7) is 4.96. The number of amides is 3. The van der Waals surface area contributed by atoms with Crippen molar-refractivity contribution in [3.8, 4) is 0 Å². The number of sulfonamides is 1. The summed E-state index contributed by atoms with van der Waals surface area (Å²) in [5.41, 5.74) is 1.86. The Kier molecular flexibility index (Phi) is 16.5. The molecule has 0 bridgehead atoms. The number of oxime groups is 1. The highest BCUT2D eigenvalue weighted by Gasteiger charge is 2.54. The highest BCUT2D eigenvalue weighted by molar-refractivity contribution is 8.06. The fourth-order valence-corrected chi connectivity index (χ4v) is 13.7. The molecule has 8 rings (SSSR count). The van der Waals surface area contributed by atoms with Crippen LogP contribution in [0.3, 0.4) is 0 Å². The monoisotopic (exact) mass is 1090 g/mol. The SMILES string of the molecule is CC(C)(C)OC(=O)Nc1nc(/C(=N/OC(c2ccccc2)(c2ccccc2)c2ccccc2)C(=O)NC2C(=O)N3C(C(=S)OC(c4ccccc4)c4ccccc4)=C(CCNS(=O)(=O)CS(C)(=O)=O)CS[C@H]23)cs1. The molecule has 3 N–H and O–H groups in total. The molecule has 0 radical (unpaired) electrons. The zero-order chi connectivity index (χ0) is 52.7. The van der Waals surface area contributed by atoms with Gasteiger partial charge in [-0.1, -0.05) is 157 Å².